The van der Waals surface area contributed by atoms with Crippen molar-refractivity contribution in [2.75, 3.05) is 31.5 Å². The van der Waals surface area contributed by atoms with E-state index in [0.29, 0.717) is 32.0 Å². The lowest BCUT2D eigenvalue weighted by Gasteiger charge is -2.15. The van der Waals surface area contributed by atoms with Crippen LogP contribution in [0.25, 0.3) is 0 Å². The van der Waals surface area contributed by atoms with Gasteiger partial charge in [-0.3, -0.25) is 4.79 Å². The Morgan fingerprint density at radius 3 is 2.64 bits per heavy atom. The summed E-state index contributed by atoms with van der Waals surface area (Å²) in [5, 5.41) is 5.73. The highest BCUT2D eigenvalue weighted by Gasteiger charge is 2.27. The lowest BCUT2D eigenvalue weighted by Crippen LogP contribution is -2.29. The average Bonchev–Trinajstić information content (AvgIpc) is 3.32. The van der Waals surface area contributed by atoms with Gasteiger partial charge in [0.15, 0.2) is 5.76 Å². The molecule has 25 heavy (non-hydrogen) atoms. The van der Waals surface area contributed by atoms with E-state index < -0.39 is 10.0 Å². The predicted octanol–water partition coefficient (Wildman–Crippen LogP) is 1.30. The molecule has 8 nitrogen and oxygen atoms in total. The molecule has 0 unspecified atom stereocenters. The molecule has 1 fully saturated rings. The number of nitrogens with one attached hydrogen (secondary N) is 2. The van der Waals surface area contributed by atoms with Crippen molar-refractivity contribution in [1.82, 2.24) is 14.6 Å². The average molecular weight is 364 g/mol. The van der Waals surface area contributed by atoms with Crippen molar-refractivity contribution in [3.05, 3.63) is 42.5 Å². The Hall–Kier alpha value is -2.39. The maximum atomic E-state index is 12.4. The van der Waals surface area contributed by atoms with Gasteiger partial charge in [-0.15, -0.1) is 0 Å². The van der Waals surface area contributed by atoms with Gasteiger partial charge in [-0.25, -0.2) is 13.4 Å². The number of hydrogen-bond acceptors (Lipinski definition) is 6. The third-order valence-electron chi connectivity index (χ3n) is 3.90. The molecule has 1 aliphatic rings. The van der Waals surface area contributed by atoms with E-state index in [4.69, 9.17) is 4.42 Å². The molecule has 0 aromatic carbocycles. The highest BCUT2D eigenvalue weighted by atomic mass is 32.2. The summed E-state index contributed by atoms with van der Waals surface area (Å²) in [6.07, 6.45) is 4.60. The molecule has 2 N–H and O–H groups in total. The molecule has 3 rings (SSSR count). The van der Waals surface area contributed by atoms with Crippen LogP contribution < -0.4 is 10.6 Å². The van der Waals surface area contributed by atoms with Crippen LogP contribution in [0.15, 0.2) is 46.0 Å². The zero-order chi connectivity index (χ0) is 17.7. The number of nitrogens with zero attached hydrogens (tertiary/aromatic N) is 2. The lowest BCUT2D eigenvalue weighted by atomic mass is 10.4. The molecule has 9 heteroatoms. The minimum atomic E-state index is -3.44. The molecule has 0 spiro atoms. The van der Waals surface area contributed by atoms with Crippen LogP contribution in [0.4, 0.5) is 5.82 Å². The number of carbonyl (C=O) groups is 1. The number of aromatic nitrogens is 1. The normalized spacial score (nSPS) is 15.2. The molecule has 0 bridgehead atoms. The molecule has 134 valence electrons. The van der Waals surface area contributed by atoms with Gasteiger partial charge in [-0.1, -0.05) is 0 Å². The fraction of sp³-hybridized carbons (Fsp3) is 0.375. The van der Waals surface area contributed by atoms with Crippen LogP contribution in [0, 0.1) is 0 Å². The van der Waals surface area contributed by atoms with Gasteiger partial charge >= 0.3 is 0 Å². The van der Waals surface area contributed by atoms with Crippen molar-refractivity contribution in [1.29, 1.82) is 0 Å². The molecule has 0 atom stereocenters. The topological polar surface area (TPSA) is 105 Å². The summed E-state index contributed by atoms with van der Waals surface area (Å²) in [6, 6.07) is 6.40. The Bertz CT molecular complexity index is 797. The molecule has 0 radical (unpaired) electrons. The Kier molecular flexibility index (Phi) is 5.34. The smallest absolute Gasteiger partial charge is 0.287 e. The van der Waals surface area contributed by atoms with E-state index in [2.05, 4.69) is 15.6 Å². The van der Waals surface area contributed by atoms with Gasteiger partial charge in [-0.05, 0) is 37.1 Å². The fourth-order valence-corrected chi connectivity index (χ4v) is 4.04. The first-order chi connectivity index (χ1) is 12.1. The summed E-state index contributed by atoms with van der Waals surface area (Å²) < 4.78 is 31.3. The zero-order valence-electron chi connectivity index (χ0n) is 13.6. The number of sulfonamides is 1. The highest BCUT2D eigenvalue weighted by molar-refractivity contribution is 7.89. The van der Waals surface area contributed by atoms with Gasteiger partial charge in [0, 0.05) is 32.4 Å². The molecule has 2 aromatic heterocycles. The number of carbonyl (C=O) groups excluding carboxylic acids is 1. The van der Waals surface area contributed by atoms with Gasteiger partial charge < -0.3 is 15.1 Å². The van der Waals surface area contributed by atoms with Gasteiger partial charge in [0.2, 0.25) is 10.0 Å². The first-order valence-corrected chi connectivity index (χ1v) is 9.53. The standard InChI is InChI=1S/C16H20N4O4S/c21-16(14-4-3-11-24-14)18-8-7-17-15-6-5-13(12-19-15)25(22,23)20-9-1-2-10-20/h3-6,11-12H,1-2,7-10H2,(H,17,19)(H,18,21). The molecule has 2 aromatic rings. The summed E-state index contributed by atoms with van der Waals surface area (Å²) in [4.78, 5) is 16.0. The predicted molar refractivity (Wildman–Crippen MR) is 91.8 cm³/mol. The van der Waals surface area contributed by atoms with E-state index in [1.807, 2.05) is 0 Å². The first-order valence-electron chi connectivity index (χ1n) is 8.09. The molecule has 0 saturated carbocycles. The highest BCUT2D eigenvalue weighted by Crippen LogP contribution is 2.20. The maximum Gasteiger partial charge on any atom is 0.287 e. The monoisotopic (exact) mass is 364 g/mol. The Morgan fingerprint density at radius 2 is 2.00 bits per heavy atom. The molecule has 1 amide bonds. The second-order valence-electron chi connectivity index (χ2n) is 5.65. The van der Waals surface area contributed by atoms with Crippen molar-refractivity contribution in [3.63, 3.8) is 0 Å². The Labute approximate surface area is 146 Å². The van der Waals surface area contributed by atoms with Crippen LogP contribution in [0.3, 0.4) is 0 Å². The van der Waals surface area contributed by atoms with Crippen LogP contribution in [0.2, 0.25) is 0 Å². The van der Waals surface area contributed by atoms with Crippen LogP contribution in [-0.4, -0.2) is 49.8 Å². The van der Waals surface area contributed by atoms with E-state index in [1.165, 1.54) is 16.8 Å². The molecular formula is C16H20N4O4S. The first kappa shape index (κ1) is 17.4. The van der Waals surface area contributed by atoms with Crippen LogP contribution >= 0.6 is 0 Å². The largest absolute Gasteiger partial charge is 0.459 e. The summed E-state index contributed by atoms with van der Waals surface area (Å²) >= 11 is 0. The van der Waals surface area contributed by atoms with E-state index >= 15 is 0 Å². The molecule has 1 saturated heterocycles. The van der Waals surface area contributed by atoms with Crippen molar-refractivity contribution >= 4 is 21.7 Å². The summed E-state index contributed by atoms with van der Waals surface area (Å²) in [5.74, 6) is 0.522. The van der Waals surface area contributed by atoms with E-state index in [-0.39, 0.29) is 16.6 Å². The second-order valence-corrected chi connectivity index (χ2v) is 7.59. The van der Waals surface area contributed by atoms with Crippen molar-refractivity contribution in [3.8, 4) is 0 Å². The van der Waals surface area contributed by atoms with Crippen molar-refractivity contribution < 1.29 is 17.6 Å². The second kappa shape index (κ2) is 7.66. The number of pyridine rings is 1. The number of anilines is 1. The fourth-order valence-electron chi connectivity index (χ4n) is 2.58. The summed E-state index contributed by atoms with van der Waals surface area (Å²) in [6.45, 7) is 1.97. The molecule has 3 heterocycles. The lowest BCUT2D eigenvalue weighted by molar-refractivity contribution is 0.0927. The number of furan rings is 1. The van der Waals surface area contributed by atoms with Crippen molar-refractivity contribution in [2.45, 2.75) is 17.7 Å². The SMILES string of the molecule is O=C(NCCNc1ccc(S(=O)(=O)N2CCCC2)cn1)c1ccco1. The number of amides is 1. The minimum Gasteiger partial charge on any atom is -0.459 e. The van der Waals surface area contributed by atoms with Crippen LogP contribution in [0.1, 0.15) is 23.4 Å². The molecule has 0 aliphatic carbocycles. The quantitative estimate of drug-likeness (QED) is 0.718. The van der Waals surface area contributed by atoms with Crippen LogP contribution in [0.5, 0.6) is 0 Å². The van der Waals surface area contributed by atoms with Crippen molar-refractivity contribution in [2.24, 2.45) is 0 Å². The van der Waals surface area contributed by atoms with Gasteiger partial charge in [0.05, 0.1) is 6.26 Å². The molecular weight excluding hydrogens is 344 g/mol. The van der Waals surface area contributed by atoms with Gasteiger partial charge in [-0.2, -0.15) is 4.31 Å². The van der Waals surface area contributed by atoms with E-state index in [1.54, 1.807) is 24.3 Å². The number of rotatable bonds is 7. The Morgan fingerprint density at radius 1 is 1.20 bits per heavy atom. The van der Waals surface area contributed by atoms with E-state index in [0.717, 1.165) is 12.8 Å². The zero-order valence-corrected chi connectivity index (χ0v) is 14.5. The van der Waals surface area contributed by atoms with Gasteiger partial charge in [0.25, 0.3) is 5.91 Å². The Balaban J connectivity index is 1.48. The van der Waals surface area contributed by atoms with Gasteiger partial charge in [0.1, 0.15) is 10.7 Å². The summed E-state index contributed by atoms with van der Waals surface area (Å²) in [7, 11) is -3.44. The molecule has 1 aliphatic heterocycles. The number of hydrogen-bond donors (Lipinski definition) is 2. The van der Waals surface area contributed by atoms with E-state index in [9.17, 15) is 13.2 Å². The maximum absolute atomic E-state index is 12.4. The minimum absolute atomic E-state index is 0.200. The third kappa shape index (κ3) is 4.18. The summed E-state index contributed by atoms with van der Waals surface area (Å²) in [5.41, 5.74) is 0. The third-order valence-corrected chi connectivity index (χ3v) is 5.78. The van der Waals surface area contributed by atoms with Crippen LogP contribution in [-0.2, 0) is 10.0 Å².